The molecule has 1 unspecified atom stereocenters. The van der Waals surface area contributed by atoms with E-state index in [1.54, 1.807) is 18.3 Å². The summed E-state index contributed by atoms with van der Waals surface area (Å²) >= 11 is 0. The van der Waals surface area contributed by atoms with Crippen molar-refractivity contribution in [1.29, 1.82) is 0 Å². The van der Waals surface area contributed by atoms with Crippen molar-refractivity contribution in [3.05, 3.63) is 66.0 Å². The van der Waals surface area contributed by atoms with Gasteiger partial charge in [-0.25, -0.2) is 0 Å². The third kappa shape index (κ3) is 4.42. The summed E-state index contributed by atoms with van der Waals surface area (Å²) in [5, 5.41) is 0. The molecule has 1 aromatic heterocycles. The van der Waals surface area contributed by atoms with E-state index in [1.165, 1.54) is 6.20 Å². The molecule has 0 aliphatic heterocycles. The van der Waals surface area contributed by atoms with Crippen LogP contribution in [0.5, 0.6) is 0 Å². The van der Waals surface area contributed by atoms with E-state index in [9.17, 15) is 9.59 Å². The number of carbonyl (C=O) groups excluding carboxylic acids is 2. The molecule has 21 heavy (non-hydrogen) atoms. The highest BCUT2D eigenvalue weighted by Gasteiger charge is 2.12. The first-order chi connectivity index (χ1) is 10.2. The summed E-state index contributed by atoms with van der Waals surface area (Å²) in [6.45, 7) is 1.97. The third-order valence-corrected chi connectivity index (χ3v) is 3.10. The summed E-state index contributed by atoms with van der Waals surface area (Å²) in [5.74, 6) is -0.533. The molecule has 5 nitrogen and oxygen atoms in total. The normalized spacial score (nSPS) is 11.5. The minimum Gasteiger partial charge on any atom is -0.273 e. The standard InChI is InChI=1S/C16H17N3O2/c1-12(13-6-3-2-4-7-13)10-15(20)18-19-16(21)14-8-5-9-17-11-14/h2-9,11-12H,10H2,1H3,(H,18,20)(H,19,21). The molecule has 0 saturated heterocycles. The van der Waals surface area contributed by atoms with Crippen molar-refractivity contribution in [2.75, 3.05) is 0 Å². The lowest BCUT2D eigenvalue weighted by molar-refractivity contribution is -0.122. The van der Waals surface area contributed by atoms with Gasteiger partial charge in [-0.05, 0) is 23.6 Å². The summed E-state index contributed by atoms with van der Waals surface area (Å²) < 4.78 is 0. The van der Waals surface area contributed by atoms with Crippen molar-refractivity contribution in [2.45, 2.75) is 19.3 Å². The zero-order valence-corrected chi connectivity index (χ0v) is 11.7. The summed E-state index contributed by atoms with van der Waals surface area (Å²) in [5.41, 5.74) is 6.28. The maximum absolute atomic E-state index is 11.8. The molecule has 2 N–H and O–H groups in total. The maximum Gasteiger partial charge on any atom is 0.271 e. The smallest absolute Gasteiger partial charge is 0.271 e. The van der Waals surface area contributed by atoms with Gasteiger partial charge >= 0.3 is 0 Å². The Bertz CT molecular complexity index is 599. The van der Waals surface area contributed by atoms with E-state index in [0.717, 1.165) is 5.56 Å². The van der Waals surface area contributed by atoms with Crippen molar-refractivity contribution in [3.63, 3.8) is 0 Å². The molecular weight excluding hydrogens is 266 g/mol. The number of carbonyl (C=O) groups is 2. The van der Waals surface area contributed by atoms with Crippen LogP contribution in [0.4, 0.5) is 0 Å². The van der Waals surface area contributed by atoms with Crippen LogP contribution in [0.15, 0.2) is 54.9 Å². The number of rotatable bonds is 4. The Morgan fingerprint density at radius 2 is 1.86 bits per heavy atom. The number of hydrogen-bond donors (Lipinski definition) is 2. The average Bonchev–Trinajstić information content (AvgIpc) is 2.54. The molecule has 0 saturated carbocycles. The van der Waals surface area contributed by atoms with Crippen molar-refractivity contribution in [3.8, 4) is 0 Å². The fourth-order valence-electron chi connectivity index (χ4n) is 1.92. The highest BCUT2D eigenvalue weighted by atomic mass is 16.2. The van der Waals surface area contributed by atoms with E-state index in [2.05, 4.69) is 15.8 Å². The van der Waals surface area contributed by atoms with Gasteiger partial charge in [-0.3, -0.25) is 25.4 Å². The second kappa shape index (κ2) is 7.19. The molecule has 2 rings (SSSR count). The number of hydrazine groups is 1. The second-order valence-corrected chi connectivity index (χ2v) is 4.76. The van der Waals surface area contributed by atoms with Crippen molar-refractivity contribution in [1.82, 2.24) is 15.8 Å². The zero-order chi connectivity index (χ0) is 15.1. The third-order valence-electron chi connectivity index (χ3n) is 3.10. The number of nitrogens with one attached hydrogen (secondary N) is 2. The Labute approximate surface area is 123 Å². The monoisotopic (exact) mass is 283 g/mol. The molecule has 0 aliphatic carbocycles. The Morgan fingerprint density at radius 3 is 2.52 bits per heavy atom. The molecular formula is C16H17N3O2. The first-order valence-corrected chi connectivity index (χ1v) is 6.71. The molecule has 0 bridgehead atoms. The van der Waals surface area contributed by atoms with Crippen LogP contribution >= 0.6 is 0 Å². The molecule has 1 atom stereocenters. The topological polar surface area (TPSA) is 71.1 Å². The molecule has 0 aliphatic rings. The minimum absolute atomic E-state index is 0.0847. The van der Waals surface area contributed by atoms with E-state index in [0.29, 0.717) is 12.0 Å². The molecule has 0 spiro atoms. The maximum atomic E-state index is 11.8. The van der Waals surface area contributed by atoms with Crippen LogP contribution in [0.25, 0.3) is 0 Å². The zero-order valence-electron chi connectivity index (χ0n) is 11.7. The molecule has 108 valence electrons. The van der Waals surface area contributed by atoms with Gasteiger partial charge in [-0.15, -0.1) is 0 Å². The number of benzene rings is 1. The molecule has 0 radical (unpaired) electrons. The fourth-order valence-corrected chi connectivity index (χ4v) is 1.92. The quantitative estimate of drug-likeness (QED) is 0.843. The summed E-state index contributed by atoms with van der Waals surface area (Å²) in [6, 6.07) is 13.1. The molecule has 1 heterocycles. The lowest BCUT2D eigenvalue weighted by atomic mass is 9.98. The number of amides is 2. The molecule has 1 aromatic carbocycles. The van der Waals surface area contributed by atoms with E-state index in [1.807, 2.05) is 37.3 Å². The number of nitrogens with zero attached hydrogens (tertiary/aromatic N) is 1. The van der Waals surface area contributed by atoms with Crippen LogP contribution in [0.3, 0.4) is 0 Å². The van der Waals surface area contributed by atoms with Gasteiger partial charge < -0.3 is 0 Å². The van der Waals surface area contributed by atoms with E-state index >= 15 is 0 Å². The van der Waals surface area contributed by atoms with E-state index < -0.39 is 0 Å². The van der Waals surface area contributed by atoms with E-state index in [4.69, 9.17) is 0 Å². The van der Waals surface area contributed by atoms with Gasteiger partial charge in [0.15, 0.2) is 0 Å². The van der Waals surface area contributed by atoms with Crippen molar-refractivity contribution >= 4 is 11.8 Å². The van der Waals surface area contributed by atoms with E-state index in [-0.39, 0.29) is 17.7 Å². The lowest BCUT2D eigenvalue weighted by Crippen LogP contribution is -2.42. The summed E-state index contributed by atoms with van der Waals surface area (Å²) in [7, 11) is 0. The van der Waals surface area contributed by atoms with Gasteiger partial charge in [-0.1, -0.05) is 37.3 Å². The van der Waals surface area contributed by atoms with Gasteiger partial charge in [0.2, 0.25) is 5.91 Å². The molecule has 0 fully saturated rings. The van der Waals surface area contributed by atoms with Gasteiger partial charge in [0.25, 0.3) is 5.91 Å². The fraction of sp³-hybridized carbons (Fsp3) is 0.188. The number of hydrogen-bond acceptors (Lipinski definition) is 3. The number of aromatic nitrogens is 1. The average molecular weight is 283 g/mol. The van der Waals surface area contributed by atoms with Crippen molar-refractivity contribution < 1.29 is 9.59 Å². The van der Waals surface area contributed by atoms with Crippen molar-refractivity contribution in [2.24, 2.45) is 0 Å². The lowest BCUT2D eigenvalue weighted by Gasteiger charge is -2.12. The highest BCUT2D eigenvalue weighted by molar-refractivity contribution is 5.95. The first kappa shape index (κ1) is 14.7. The predicted octanol–water partition coefficient (Wildman–Crippen LogP) is 2.04. The largest absolute Gasteiger partial charge is 0.273 e. The molecule has 5 heteroatoms. The van der Waals surface area contributed by atoms with Crippen LogP contribution in [-0.4, -0.2) is 16.8 Å². The SMILES string of the molecule is CC(CC(=O)NNC(=O)c1cccnc1)c1ccccc1. The number of pyridine rings is 1. The van der Waals surface area contributed by atoms with Gasteiger partial charge in [0.1, 0.15) is 0 Å². The Kier molecular flexibility index (Phi) is 5.04. The van der Waals surface area contributed by atoms with Crippen LogP contribution in [-0.2, 0) is 4.79 Å². The van der Waals surface area contributed by atoms with Crippen LogP contribution in [0.2, 0.25) is 0 Å². The first-order valence-electron chi connectivity index (χ1n) is 6.71. The predicted molar refractivity (Wildman–Crippen MR) is 79.3 cm³/mol. The minimum atomic E-state index is -0.385. The van der Waals surface area contributed by atoms with Crippen LogP contribution in [0, 0.1) is 0 Å². The van der Waals surface area contributed by atoms with Crippen LogP contribution in [0.1, 0.15) is 35.2 Å². The Morgan fingerprint density at radius 1 is 1.10 bits per heavy atom. The van der Waals surface area contributed by atoms with Crippen LogP contribution < -0.4 is 10.9 Å². The Balaban J connectivity index is 1.81. The molecule has 2 aromatic rings. The van der Waals surface area contributed by atoms with Gasteiger partial charge in [0, 0.05) is 18.8 Å². The Hall–Kier alpha value is -2.69. The summed E-state index contributed by atoms with van der Waals surface area (Å²) in [4.78, 5) is 27.4. The van der Waals surface area contributed by atoms with Gasteiger partial charge in [-0.2, -0.15) is 0 Å². The summed E-state index contributed by atoms with van der Waals surface area (Å²) in [6.07, 6.45) is 3.32. The second-order valence-electron chi connectivity index (χ2n) is 4.76. The highest BCUT2D eigenvalue weighted by Crippen LogP contribution is 2.17. The molecule has 2 amide bonds. The van der Waals surface area contributed by atoms with Gasteiger partial charge in [0.05, 0.1) is 5.56 Å².